The third kappa shape index (κ3) is 7.18. The number of aryl methyl sites for hydroxylation is 1. The number of hydrazone groups is 1. The number of fused-ring (bicyclic) bond motifs is 1. The Bertz CT molecular complexity index is 1340. The Balaban J connectivity index is 1.40. The molecule has 0 radical (unpaired) electrons. The molecule has 0 saturated heterocycles. The number of nitrogens with one attached hydrogen (secondary N) is 1. The highest BCUT2D eigenvalue weighted by molar-refractivity contribution is 9.10. The number of halogens is 1. The molecule has 4 rings (SSSR count). The summed E-state index contributed by atoms with van der Waals surface area (Å²) >= 11 is 3.50. The molecule has 184 valence electrons. The van der Waals surface area contributed by atoms with Crippen molar-refractivity contribution in [3.63, 3.8) is 0 Å². The lowest BCUT2D eigenvalue weighted by atomic mass is 10.0. The summed E-state index contributed by atoms with van der Waals surface area (Å²) in [6.45, 7) is 2.47. The number of unbranched alkanes of at least 4 members (excludes halogenated alkanes) is 1. The van der Waals surface area contributed by atoms with Crippen LogP contribution >= 0.6 is 15.9 Å². The summed E-state index contributed by atoms with van der Waals surface area (Å²) in [7, 11) is 0. The Morgan fingerprint density at radius 3 is 2.58 bits per heavy atom. The number of amides is 1. The van der Waals surface area contributed by atoms with Crippen molar-refractivity contribution >= 4 is 38.8 Å². The van der Waals surface area contributed by atoms with Gasteiger partial charge in [0.15, 0.2) is 6.61 Å². The van der Waals surface area contributed by atoms with Crippen molar-refractivity contribution in [1.82, 2.24) is 5.43 Å². The van der Waals surface area contributed by atoms with Crippen molar-refractivity contribution in [1.29, 1.82) is 0 Å². The molecule has 0 atom stereocenters. The van der Waals surface area contributed by atoms with E-state index in [1.165, 1.54) is 5.56 Å². The summed E-state index contributed by atoms with van der Waals surface area (Å²) in [6.07, 6.45) is 5.00. The van der Waals surface area contributed by atoms with Gasteiger partial charge < -0.3 is 9.47 Å². The predicted molar refractivity (Wildman–Crippen MR) is 149 cm³/mol. The lowest BCUT2D eigenvalue weighted by Gasteiger charge is -2.12. The highest BCUT2D eigenvalue weighted by atomic mass is 79.9. The maximum absolute atomic E-state index is 12.3. The standard InChI is InChI=1S/C30H29BrN2O3/c1-2-3-7-22-12-15-26(16-13-22)35-21-30(34)33-32-19-28-27-11-5-4-9-24(27)14-17-29(28)36-20-23-8-6-10-25(31)18-23/h4-6,8-19H,2-3,7,20-21H2,1H3,(H,33,34)/b32-19+. The van der Waals surface area contributed by atoms with Crippen LogP contribution in [-0.2, 0) is 17.8 Å². The average molecular weight is 545 g/mol. The van der Waals surface area contributed by atoms with Gasteiger partial charge in [-0.1, -0.05) is 83.9 Å². The average Bonchev–Trinajstić information content (AvgIpc) is 2.90. The molecule has 0 aromatic heterocycles. The minimum absolute atomic E-state index is 0.118. The van der Waals surface area contributed by atoms with Gasteiger partial charge in [-0.05, 0) is 65.1 Å². The first kappa shape index (κ1) is 25.5. The third-order valence-corrected chi connectivity index (χ3v) is 6.20. The van der Waals surface area contributed by atoms with Crippen LogP contribution in [0.4, 0.5) is 0 Å². The second kappa shape index (κ2) is 12.9. The van der Waals surface area contributed by atoms with Crippen LogP contribution in [0.2, 0.25) is 0 Å². The molecule has 1 amide bonds. The number of nitrogens with zero attached hydrogens (tertiary/aromatic N) is 1. The Kier molecular flexibility index (Phi) is 9.11. The fraction of sp³-hybridized carbons (Fsp3) is 0.200. The largest absolute Gasteiger partial charge is 0.488 e. The third-order valence-electron chi connectivity index (χ3n) is 5.71. The van der Waals surface area contributed by atoms with Crippen LogP contribution < -0.4 is 14.9 Å². The number of ether oxygens (including phenoxy) is 2. The van der Waals surface area contributed by atoms with Gasteiger partial charge in [0, 0.05) is 10.0 Å². The summed E-state index contributed by atoms with van der Waals surface area (Å²) in [4.78, 5) is 12.3. The zero-order chi connectivity index (χ0) is 25.2. The zero-order valence-corrected chi connectivity index (χ0v) is 21.8. The SMILES string of the molecule is CCCCc1ccc(OCC(=O)N/N=C/c2c(OCc3cccc(Br)c3)ccc3ccccc23)cc1. The van der Waals surface area contributed by atoms with Gasteiger partial charge in [0.05, 0.1) is 6.21 Å². The van der Waals surface area contributed by atoms with Gasteiger partial charge in [-0.25, -0.2) is 5.43 Å². The maximum Gasteiger partial charge on any atom is 0.277 e. The molecule has 0 heterocycles. The summed E-state index contributed by atoms with van der Waals surface area (Å²) in [5, 5.41) is 6.24. The van der Waals surface area contributed by atoms with Gasteiger partial charge in [0.25, 0.3) is 5.91 Å². The van der Waals surface area contributed by atoms with Crippen LogP contribution in [0.15, 0.2) is 94.5 Å². The maximum atomic E-state index is 12.3. The lowest BCUT2D eigenvalue weighted by Crippen LogP contribution is -2.24. The van der Waals surface area contributed by atoms with Crippen molar-refractivity contribution in [2.45, 2.75) is 32.8 Å². The molecule has 0 aliphatic heterocycles. The molecule has 4 aromatic carbocycles. The van der Waals surface area contributed by atoms with E-state index in [-0.39, 0.29) is 12.5 Å². The smallest absolute Gasteiger partial charge is 0.277 e. The van der Waals surface area contributed by atoms with Gasteiger partial charge >= 0.3 is 0 Å². The second-order valence-corrected chi connectivity index (χ2v) is 9.36. The Hall–Kier alpha value is -3.64. The van der Waals surface area contributed by atoms with Crippen molar-refractivity contribution in [2.24, 2.45) is 5.10 Å². The zero-order valence-electron chi connectivity index (χ0n) is 20.2. The van der Waals surface area contributed by atoms with E-state index in [1.54, 1.807) is 6.21 Å². The molecule has 0 unspecified atom stereocenters. The van der Waals surface area contributed by atoms with E-state index < -0.39 is 0 Å². The Morgan fingerprint density at radius 1 is 0.944 bits per heavy atom. The molecule has 0 saturated carbocycles. The molecule has 36 heavy (non-hydrogen) atoms. The topological polar surface area (TPSA) is 59.9 Å². The fourth-order valence-electron chi connectivity index (χ4n) is 3.81. The van der Waals surface area contributed by atoms with Crippen molar-refractivity contribution < 1.29 is 14.3 Å². The van der Waals surface area contributed by atoms with Crippen molar-refractivity contribution in [3.05, 3.63) is 106 Å². The van der Waals surface area contributed by atoms with E-state index in [0.29, 0.717) is 18.1 Å². The van der Waals surface area contributed by atoms with Crippen LogP contribution in [0.5, 0.6) is 11.5 Å². The van der Waals surface area contributed by atoms with Crippen LogP contribution in [-0.4, -0.2) is 18.7 Å². The van der Waals surface area contributed by atoms with E-state index in [4.69, 9.17) is 9.47 Å². The van der Waals surface area contributed by atoms with Crippen LogP contribution in [0.1, 0.15) is 36.5 Å². The van der Waals surface area contributed by atoms with Crippen molar-refractivity contribution in [3.8, 4) is 11.5 Å². The first-order chi connectivity index (χ1) is 17.6. The normalized spacial score (nSPS) is 11.1. The molecule has 1 N–H and O–H groups in total. The second-order valence-electron chi connectivity index (χ2n) is 8.45. The summed E-state index contributed by atoms with van der Waals surface area (Å²) in [5.41, 5.74) is 5.67. The Morgan fingerprint density at radius 2 is 1.78 bits per heavy atom. The highest BCUT2D eigenvalue weighted by Crippen LogP contribution is 2.27. The molecule has 0 aliphatic rings. The first-order valence-electron chi connectivity index (χ1n) is 12.0. The number of carbonyl (C=O) groups is 1. The van der Waals surface area contributed by atoms with E-state index in [2.05, 4.69) is 33.4 Å². The van der Waals surface area contributed by atoms with Crippen LogP contribution in [0.25, 0.3) is 10.8 Å². The molecule has 0 fully saturated rings. The number of rotatable bonds is 11. The van der Waals surface area contributed by atoms with Gasteiger partial charge in [-0.15, -0.1) is 0 Å². The van der Waals surface area contributed by atoms with E-state index >= 15 is 0 Å². The molecule has 4 aromatic rings. The molecule has 5 nitrogen and oxygen atoms in total. The van der Waals surface area contributed by atoms with Crippen LogP contribution in [0, 0.1) is 0 Å². The summed E-state index contributed by atoms with van der Waals surface area (Å²) in [6, 6.07) is 27.8. The minimum Gasteiger partial charge on any atom is -0.488 e. The highest BCUT2D eigenvalue weighted by Gasteiger charge is 2.09. The van der Waals surface area contributed by atoms with E-state index in [1.807, 2.05) is 84.9 Å². The Labute approximate surface area is 220 Å². The number of carbonyl (C=O) groups excluding carboxylic acids is 1. The number of hydrogen-bond acceptors (Lipinski definition) is 4. The molecular weight excluding hydrogens is 516 g/mol. The molecule has 0 spiro atoms. The predicted octanol–water partition coefficient (Wildman–Crippen LogP) is 7.05. The fourth-order valence-corrected chi connectivity index (χ4v) is 4.25. The van der Waals surface area contributed by atoms with E-state index in [9.17, 15) is 4.79 Å². The quantitative estimate of drug-likeness (QED) is 0.162. The molecule has 0 bridgehead atoms. The molecule has 0 aliphatic carbocycles. The van der Waals surface area contributed by atoms with Crippen molar-refractivity contribution in [2.75, 3.05) is 6.61 Å². The summed E-state index contributed by atoms with van der Waals surface area (Å²) < 4.78 is 12.7. The molecular formula is C30H29BrN2O3. The van der Waals surface area contributed by atoms with Gasteiger partial charge in [-0.2, -0.15) is 5.10 Å². The van der Waals surface area contributed by atoms with Gasteiger partial charge in [0.1, 0.15) is 18.1 Å². The van der Waals surface area contributed by atoms with Crippen LogP contribution in [0.3, 0.4) is 0 Å². The first-order valence-corrected chi connectivity index (χ1v) is 12.8. The minimum atomic E-state index is -0.335. The summed E-state index contributed by atoms with van der Waals surface area (Å²) in [5.74, 6) is 1.01. The number of benzene rings is 4. The lowest BCUT2D eigenvalue weighted by molar-refractivity contribution is -0.123. The van der Waals surface area contributed by atoms with Gasteiger partial charge in [-0.3, -0.25) is 4.79 Å². The van der Waals surface area contributed by atoms with E-state index in [0.717, 1.165) is 45.6 Å². The monoisotopic (exact) mass is 544 g/mol. The number of hydrogen-bond donors (Lipinski definition) is 1. The van der Waals surface area contributed by atoms with Gasteiger partial charge in [0.2, 0.25) is 0 Å². The molecule has 6 heteroatoms.